The average molecular weight is 324 g/mol. The SMILES string of the molecule is COc1ccccc1CN(C)C(=O)c1ccc(Cl)cc1Cl. The number of benzene rings is 2. The van der Waals surface area contributed by atoms with Gasteiger partial charge < -0.3 is 9.64 Å². The predicted molar refractivity (Wildman–Crippen MR) is 85.3 cm³/mol. The van der Waals surface area contributed by atoms with E-state index in [9.17, 15) is 4.79 Å². The monoisotopic (exact) mass is 323 g/mol. The van der Waals surface area contributed by atoms with E-state index < -0.39 is 0 Å². The second-order valence-electron chi connectivity index (χ2n) is 4.60. The molecule has 0 atom stereocenters. The van der Waals surface area contributed by atoms with Gasteiger partial charge in [0.05, 0.1) is 17.7 Å². The van der Waals surface area contributed by atoms with Crippen molar-refractivity contribution in [1.82, 2.24) is 4.90 Å². The fourth-order valence-corrected chi connectivity index (χ4v) is 2.52. The predicted octanol–water partition coefficient (Wildman–Crippen LogP) is 4.27. The summed E-state index contributed by atoms with van der Waals surface area (Å²) in [6.07, 6.45) is 0. The van der Waals surface area contributed by atoms with Gasteiger partial charge in [0, 0.05) is 24.2 Å². The molecule has 2 aromatic rings. The number of methoxy groups -OCH3 is 1. The summed E-state index contributed by atoms with van der Waals surface area (Å²) in [6, 6.07) is 12.4. The van der Waals surface area contributed by atoms with Crippen LogP contribution in [0.3, 0.4) is 0 Å². The molecule has 0 fully saturated rings. The van der Waals surface area contributed by atoms with Gasteiger partial charge in [0.1, 0.15) is 5.75 Å². The second-order valence-corrected chi connectivity index (χ2v) is 5.44. The van der Waals surface area contributed by atoms with Gasteiger partial charge in [-0.05, 0) is 24.3 Å². The van der Waals surface area contributed by atoms with Crippen LogP contribution in [0.1, 0.15) is 15.9 Å². The minimum atomic E-state index is -0.164. The molecule has 0 aliphatic rings. The Morgan fingerprint density at radius 1 is 1.19 bits per heavy atom. The molecule has 0 saturated carbocycles. The Balaban J connectivity index is 2.19. The Bertz CT molecular complexity index is 658. The van der Waals surface area contributed by atoms with E-state index in [-0.39, 0.29) is 5.91 Å². The van der Waals surface area contributed by atoms with Crippen LogP contribution in [0.15, 0.2) is 42.5 Å². The number of rotatable bonds is 4. The highest BCUT2D eigenvalue weighted by molar-refractivity contribution is 6.36. The standard InChI is InChI=1S/C16H15Cl2NO2/c1-19(10-11-5-3-4-6-15(11)21-2)16(20)13-8-7-12(17)9-14(13)18/h3-9H,10H2,1-2H3. The zero-order valence-electron chi connectivity index (χ0n) is 11.8. The fourth-order valence-electron chi connectivity index (χ4n) is 2.03. The Labute approximate surface area is 134 Å². The van der Waals surface area contributed by atoms with Gasteiger partial charge in [-0.1, -0.05) is 41.4 Å². The van der Waals surface area contributed by atoms with Gasteiger partial charge in [-0.3, -0.25) is 4.79 Å². The molecule has 1 amide bonds. The lowest BCUT2D eigenvalue weighted by atomic mass is 10.1. The summed E-state index contributed by atoms with van der Waals surface area (Å²) in [5, 5.41) is 0.850. The molecular formula is C16H15Cl2NO2. The largest absolute Gasteiger partial charge is 0.496 e. The molecule has 0 bridgehead atoms. The van der Waals surface area contributed by atoms with Crippen molar-refractivity contribution in [2.45, 2.75) is 6.54 Å². The van der Waals surface area contributed by atoms with Gasteiger partial charge >= 0.3 is 0 Å². The summed E-state index contributed by atoms with van der Waals surface area (Å²) in [7, 11) is 3.33. The van der Waals surface area contributed by atoms with Gasteiger partial charge in [-0.25, -0.2) is 0 Å². The van der Waals surface area contributed by atoms with Gasteiger partial charge in [-0.15, -0.1) is 0 Å². The summed E-state index contributed by atoms with van der Waals surface area (Å²) >= 11 is 11.9. The molecule has 21 heavy (non-hydrogen) atoms. The number of halogens is 2. The average Bonchev–Trinajstić information content (AvgIpc) is 2.47. The van der Waals surface area contributed by atoms with E-state index in [0.717, 1.165) is 11.3 Å². The van der Waals surface area contributed by atoms with E-state index in [1.54, 1.807) is 37.3 Å². The zero-order valence-corrected chi connectivity index (χ0v) is 13.3. The number of hydrogen-bond donors (Lipinski definition) is 0. The van der Waals surface area contributed by atoms with Crippen molar-refractivity contribution in [1.29, 1.82) is 0 Å². The quantitative estimate of drug-likeness (QED) is 0.840. The van der Waals surface area contributed by atoms with Gasteiger partial charge in [-0.2, -0.15) is 0 Å². The van der Waals surface area contributed by atoms with E-state index in [1.807, 2.05) is 24.3 Å². The van der Waals surface area contributed by atoms with Gasteiger partial charge in [0.15, 0.2) is 0 Å². The molecule has 5 heteroatoms. The maximum absolute atomic E-state index is 12.4. The van der Waals surface area contributed by atoms with Crippen molar-refractivity contribution in [3.05, 3.63) is 63.6 Å². The number of ether oxygens (including phenoxy) is 1. The van der Waals surface area contributed by atoms with Crippen LogP contribution in [0.4, 0.5) is 0 Å². The van der Waals surface area contributed by atoms with Crippen LogP contribution < -0.4 is 4.74 Å². The maximum Gasteiger partial charge on any atom is 0.255 e. The molecule has 110 valence electrons. The van der Waals surface area contributed by atoms with Crippen molar-refractivity contribution >= 4 is 29.1 Å². The van der Waals surface area contributed by atoms with Crippen LogP contribution in [-0.4, -0.2) is 25.0 Å². The molecule has 0 aliphatic heterocycles. The number of nitrogens with zero attached hydrogens (tertiary/aromatic N) is 1. The molecule has 0 aliphatic carbocycles. The lowest BCUT2D eigenvalue weighted by Crippen LogP contribution is -2.26. The number of para-hydroxylation sites is 1. The molecule has 0 aromatic heterocycles. The molecule has 0 saturated heterocycles. The van der Waals surface area contributed by atoms with Crippen molar-refractivity contribution in [2.75, 3.05) is 14.2 Å². The molecule has 3 nitrogen and oxygen atoms in total. The highest BCUT2D eigenvalue weighted by atomic mass is 35.5. The third-order valence-electron chi connectivity index (χ3n) is 3.11. The molecule has 2 rings (SSSR count). The normalized spacial score (nSPS) is 10.3. The van der Waals surface area contributed by atoms with Gasteiger partial charge in [0.2, 0.25) is 0 Å². The summed E-state index contributed by atoms with van der Waals surface area (Å²) in [5.74, 6) is 0.585. The molecular weight excluding hydrogens is 309 g/mol. The third kappa shape index (κ3) is 3.69. The first-order valence-corrected chi connectivity index (χ1v) is 7.11. The molecule has 0 radical (unpaired) electrons. The summed E-state index contributed by atoms with van der Waals surface area (Å²) in [6.45, 7) is 0.432. The number of hydrogen-bond acceptors (Lipinski definition) is 2. The Hall–Kier alpha value is -1.71. The lowest BCUT2D eigenvalue weighted by Gasteiger charge is -2.19. The van der Waals surface area contributed by atoms with Crippen LogP contribution in [0.25, 0.3) is 0 Å². The Morgan fingerprint density at radius 2 is 1.90 bits per heavy atom. The van der Waals surface area contributed by atoms with Gasteiger partial charge in [0.25, 0.3) is 5.91 Å². The highest BCUT2D eigenvalue weighted by Crippen LogP contribution is 2.24. The lowest BCUT2D eigenvalue weighted by molar-refractivity contribution is 0.0784. The van der Waals surface area contributed by atoms with Crippen molar-refractivity contribution < 1.29 is 9.53 Å². The summed E-state index contributed by atoms with van der Waals surface area (Å²) in [4.78, 5) is 14.0. The van der Waals surface area contributed by atoms with E-state index >= 15 is 0 Å². The fraction of sp³-hybridized carbons (Fsp3) is 0.188. The summed E-state index contributed by atoms with van der Waals surface area (Å²) < 4.78 is 5.29. The van der Waals surface area contributed by atoms with E-state index in [0.29, 0.717) is 22.2 Å². The molecule has 0 spiro atoms. The topological polar surface area (TPSA) is 29.5 Å². The van der Waals surface area contributed by atoms with Crippen molar-refractivity contribution in [3.8, 4) is 5.75 Å². The van der Waals surface area contributed by atoms with E-state index in [4.69, 9.17) is 27.9 Å². The van der Waals surface area contributed by atoms with E-state index in [2.05, 4.69) is 0 Å². The van der Waals surface area contributed by atoms with Crippen molar-refractivity contribution in [2.24, 2.45) is 0 Å². The first-order valence-electron chi connectivity index (χ1n) is 6.35. The first kappa shape index (κ1) is 15.7. The molecule has 0 unspecified atom stereocenters. The van der Waals surface area contributed by atoms with E-state index in [1.165, 1.54) is 0 Å². The maximum atomic E-state index is 12.4. The Morgan fingerprint density at radius 3 is 2.57 bits per heavy atom. The third-order valence-corrected chi connectivity index (χ3v) is 3.66. The minimum Gasteiger partial charge on any atom is -0.496 e. The van der Waals surface area contributed by atoms with Crippen LogP contribution >= 0.6 is 23.2 Å². The first-order chi connectivity index (χ1) is 10.0. The number of carbonyl (C=O) groups is 1. The minimum absolute atomic E-state index is 0.164. The second kappa shape index (κ2) is 6.83. The smallest absolute Gasteiger partial charge is 0.255 e. The number of carbonyl (C=O) groups excluding carboxylic acids is 1. The highest BCUT2D eigenvalue weighted by Gasteiger charge is 2.16. The zero-order chi connectivity index (χ0) is 15.4. The molecule has 0 heterocycles. The van der Waals surface area contributed by atoms with Crippen molar-refractivity contribution in [3.63, 3.8) is 0 Å². The van der Waals surface area contributed by atoms with Crippen LogP contribution in [0.2, 0.25) is 10.0 Å². The van der Waals surface area contributed by atoms with Crippen LogP contribution in [0, 0.1) is 0 Å². The summed E-state index contributed by atoms with van der Waals surface area (Å²) in [5.41, 5.74) is 1.36. The Kier molecular flexibility index (Phi) is 5.10. The van der Waals surface area contributed by atoms with Crippen LogP contribution in [0.5, 0.6) is 5.75 Å². The molecule has 0 N–H and O–H groups in total. The molecule has 2 aromatic carbocycles. The van der Waals surface area contributed by atoms with Crippen LogP contribution in [-0.2, 0) is 6.54 Å². The number of amides is 1.